The molecule has 4 aromatic rings. The maximum Gasteiger partial charge on any atom is 0.255 e. The van der Waals surface area contributed by atoms with Crippen LogP contribution in [0.1, 0.15) is 34.3 Å². The van der Waals surface area contributed by atoms with E-state index in [1.807, 2.05) is 46.0 Å². The molecule has 32 heavy (non-hydrogen) atoms. The molecular formula is C25H25N5O2. The lowest BCUT2D eigenvalue weighted by Crippen LogP contribution is -2.41. The second kappa shape index (κ2) is 8.78. The summed E-state index contributed by atoms with van der Waals surface area (Å²) >= 11 is 0. The van der Waals surface area contributed by atoms with E-state index in [9.17, 15) is 4.79 Å². The Balaban J connectivity index is 1.23. The predicted molar refractivity (Wildman–Crippen MR) is 122 cm³/mol. The number of ether oxygens (including phenoxy) is 1. The van der Waals surface area contributed by atoms with E-state index < -0.39 is 0 Å². The van der Waals surface area contributed by atoms with Crippen molar-refractivity contribution < 1.29 is 9.53 Å². The number of benzene rings is 1. The van der Waals surface area contributed by atoms with Gasteiger partial charge in [0.1, 0.15) is 17.4 Å². The second-order valence-electron chi connectivity index (χ2n) is 8.22. The third kappa shape index (κ3) is 4.32. The van der Waals surface area contributed by atoms with E-state index in [-0.39, 0.29) is 12.0 Å². The van der Waals surface area contributed by atoms with Gasteiger partial charge in [-0.2, -0.15) is 0 Å². The van der Waals surface area contributed by atoms with Crippen LogP contribution < -0.4 is 4.74 Å². The van der Waals surface area contributed by atoms with Crippen LogP contribution in [0.15, 0.2) is 67.4 Å². The summed E-state index contributed by atoms with van der Waals surface area (Å²) in [5.41, 5.74) is 4.34. The van der Waals surface area contributed by atoms with Crippen LogP contribution in [0.3, 0.4) is 0 Å². The molecule has 0 saturated carbocycles. The molecule has 1 saturated heterocycles. The van der Waals surface area contributed by atoms with Gasteiger partial charge in [0.2, 0.25) is 0 Å². The Hall–Kier alpha value is -3.74. The number of fused-ring (bicyclic) bond motifs is 1. The van der Waals surface area contributed by atoms with Gasteiger partial charge in [0.15, 0.2) is 5.65 Å². The van der Waals surface area contributed by atoms with E-state index in [2.05, 4.69) is 34.0 Å². The minimum atomic E-state index is -0.00463. The van der Waals surface area contributed by atoms with E-state index in [4.69, 9.17) is 4.74 Å². The van der Waals surface area contributed by atoms with Crippen LogP contribution in [0.5, 0.6) is 5.75 Å². The van der Waals surface area contributed by atoms with Crippen LogP contribution in [0, 0.1) is 6.92 Å². The van der Waals surface area contributed by atoms with Gasteiger partial charge in [0, 0.05) is 44.5 Å². The van der Waals surface area contributed by atoms with Gasteiger partial charge < -0.3 is 14.2 Å². The largest absolute Gasteiger partial charge is 0.490 e. The average Bonchev–Trinajstić information content (AvgIpc) is 3.23. The Morgan fingerprint density at radius 2 is 1.91 bits per heavy atom. The Morgan fingerprint density at radius 3 is 2.66 bits per heavy atom. The number of pyridine rings is 2. The molecule has 0 radical (unpaired) electrons. The Bertz CT molecular complexity index is 1210. The first-order valence-electron chi connectivity index (χ1n) is 10.9. The molecule has 7 heteroatoms. The lowest BCUT2D eigenvalue weighted by molar-refractivity contribution is 0.0595. The fraction of sp³-hybridized carbons (Fsp3) is 0.280. The summed E-state index contributed by atoms with van der Waals surface area (Å²) in [5.74, 6) is 0.881. The maximum absolute atomic E-state index is 13.0. The lowest BCUT2D eigenvalue weighted by Gasteiger charge is -2.32. The molecule has 0 N–H and O–H groups in total. The first kappa shape index (κ1) is 20.2. The van der Waals surface area contributed by atoms with Gasteiger partial charge in [-0.05, 0) is 36.8 Å². The third-order valence-corrected chi connectivity index (χ3v) is 5.83. The fourth-order valence-electron chi connectivity index (χ4n) is 4.04. The fourth-order valence-corrected chi connectivity index (χ4v) is 4.04. The number of aromatic nitrogens is 4. The first-order chi connectivity index (χ1) is 15.7. The van der Waals surface area contributed by atoms with Crippen molar-refractivity contribution in [3.05, 3.63) is 84.1 Å². The normalized spacial score (nSPS) is 14.6. The van der Waals surface area contributed by atoms with Crippen molar-refractivity contribution in [2.75, 3.05) is 13.1 Å². The molecule has 0 bridgehead atoms. The Morgan fingerprint density at radius 1 is 1.09 bits per heavy atom. The van der Waals surface area contributed by atoms with E-state index in [1.54, 1.807) is 18.7 Å². The van der Waals surface area contributed by atoms with Gasteiger partial charge in [-0.25, -0.2) is 9.97 Å². The summed E-state index contributed by atoms with van der Waals surface area (Å²) in [6, 6.07) is 13.9. The van der Waals surface area contributed by atoms with Gasteiger partial charge >= 0.3 is 0 Å². The molecule has 1 fully saturated rings. The quantitative estimate of drug-likeness (QED) is 0.483. The summed E-state index contributed by atoms with van der Waals surface area (Å²) in [6.07, 6.45) is 8.75. The highest BCUT2D eigenvalue weighted by molar-refractivity contribution is 5.96. The van der Waals surface area contributed by atoms with Crippen molar-refractivity contribution in [3.63, 3.8) is 0 Å². The molecule has 0 atom stereocenters. The summed E-state index contributed by atoms with van der Waals surface area (Å²) < 4.78 is 8.05. The zero-order valence-electron chi connectivity index (χ0n) is 18.0. The van der Waals surface area contributed by atoms with Crippen LogP contribution in [0.4, 0.5) is 0 Å². The van der Waals surface area contributed by atoms with Gasteiger partial charge in [-0.3, -0.25) is 9.78 Å². The van der Waals surface area contributed by atoms with Crippen molar-refractivity contribution in [1.82, 2.24) is 24.4 Å². The maximum atomic E-state index is 13.0. The Labute approximate surface area is 186 Å². The average molecular weight is 428 g/mol. The molecule has 7 nitrogen and oxygen atoms in total. The van der Waals surface area contributed by atoms with E-state index >= 15 is 0 Å². The van der Waals surface area contributed by atoms with E-state index in [1.165, 1.54) is 5.56 Å². The van der Waals surface area contributed by atoms with Crippen LogP contribution in [-0.2, 0) is 6.54 Å². The molecule has 1 amide bonds. The number of imidazole rings is 1. The summed E-state index contributed by atoms with van der Waals surface area (Å²) in [6.45, 7) is 4.04. The van der Waals surface area contributed by atoms with E-state index in [0.29, 0.717) is 25.2 Å². The number of piperidine rings is 1. The highest BCUT2D eigenvalue weighted by Gasteiger charge is 2.25. The van der Waals surface area contributed by atoms with Gasteiger partial charge in [0.05, 0.1) is 18.4 Å². The molecule has 0 aliphatic carbocycles. The second-order valence-corrected chi connectivity index (χ2v) is 8.22. The zero-order chi connectivity index (χ0) is 21.9. The van der Waals surface area contributed by atoms with Crippen LogP contribution >= 0.6 is 0 Å². The van der Waals surface area contributed by atoms with Crippen molar-refractivity contribution in [2.24, 2.45) is 0 Å². The topological polar surface area (TPSA) is 73.1 Å². The third-order valence-electron chi connectivity index (χ3n) is 5.83. The smallest absolute Gasteiger partial charge is 0.255 e. The number of hydrogen-bond donors (Lipinski definition) is 0. The number of carbonyl (C=O) groups excluding carboxylic acids is 1. The summed E-state index contributed by atoms with van der Waals surface area (Å²) in [4.78, 5) is 28.1. The number of likely N-dealkylation sites (tertiary alicyclic amines) is 1. The standard InChI is InChI=1S/C25H25N5O2/c1-18-4-6-21(7-5-18)32-22-8-11-29(12-9-22)25(31)20-13-23-24(27-15-20)30(17-28-23)16-19-3-2-10-26-14-19/h2-7,10,13-15,17,22H,8-9,11-12,16H2,1H3. The van der Waals surface area contributed by atoms with Crippen molar-refractivity contribution in [3.8, 4) is 5.75 Å². The zero-order valence-corrected chi connectivity index (χ0v) is 18.0. The van der Waals surface area contributed by atoms with Crippen LogP contribution in [0.2, 0.25) is 0 Å². The van der Waals surface area contributed by atoms with Gasteiger partial charge in [0.25, 0.3) is 5.91 Å². The molecule has 4 heterocycles. The number of aryl methyl sites for hydroxylation is 1. The first-order valence-corrected chi connectivity index (χ1v) is 10.9. The van der Waals surface area contributed by atoms with Crippen molar-refractivity contribution in [1.29, 1.82) is 0 Å². The highest BCUT2D eigenvalue weighted by Crippen LogP contribution is 2.21. The molecule has 1 aromatic carbocycles. The minimum absolute atomic E-state index is 0.00463. The van der Waals surface area contributed by atoms with Crippen molar-refractivity contribution >= 4 is 17.1 Å². The number of nitrogens with zero attached hydrogens (tertiary/aromatic N) is 5. The van der Waals surface area contributed by atoms with Crippen LogP contribution in [0.25, 0.3) is 11.2 Å². The highest BCUT2D eigenvalue weighted by atomic mass is 16.5. The molecule has 162 valence electrons. The van der Waals surface area contributed by atoms with Crippen LogP contribution in [-0.4, -0.2) is 49.5 Å². The predicted octanol–water partition coefficient (Wildman–Crippen LogP) is 3.87. The number of carbonyl (C=O) groups is 1. The lowest BCUT2D eigenvalue weighted by atomic mass is 10.1. The molecule has 3 aromatic heterocycles. The monoisotopic (exact) mass is 427 g/mol. The minimum Gasteiger partial charge on any atom is -0.490 e. The molecule has 1 aliphatic rings. The summed E-state index contributed by atoms with van der Waals surface area (Å²) in [5, 5.41) is 0. The Kier molecular flexibility index (Phi) is 5.54. The molecule has 0 unspecified atom stereocenters. The van der Waals surface area contributed by atoms with Crippen molar-refractivity contribution in [2.45, 2.75) is 32.4 Å². The van der Waals surface area contributed by atoms with E-state index in [0.717, 1.165) is 35.3 Å². The van der Waals surface area contributed by atoms with Gasteiger partial charge in [-0.15, -0.1) is 0 Å². The molecular weight excluding hydrogens is 402 g/mol. The number of hydrogen-bond acceptors (Lipinski definition) is 5. The number of rotatable bonds is 5. The number of amides is 1. The SMILES string of the molecule is Cc1ccc(OC2CCN(C(=O)c3cnc4c(c3)ncn4Cc3cccnc3)CC2)cc1. The summed E-state index contributed by atoms with van der Waals surface area (Å²) in [7, 11) is 0. The molecule has 1 aliphatic heterocycles. The molecule has 5 rings (SSSR count). The van der Waals surface area contributed by atoms with Gasteiger partial charge in [-0.1, -0.05) is 23.8 Å². The molecule has 0 spiro atoms.